The van der Waals surface area contributed by atoms with Crippen LogP contribution in [0.1, 0.15) is 6.92 Å². The normalized spacial score (nSPS) is 20.1. The molecule has 0 aliphatic carbocycles. The SMILES string of the molecule is C[C@@H]1N=CN(c2cccc(Cl)c2Cl)C1=O. The second kappa shape index (κ2) is 3.83. The van der Waals surface area contributed by atoms with Crippen molar-refractivity contribution in [3.8, 4) is 0 Å². The van der Waals surface area contributed by atoms with Gasteiger partial charge in [-0.1, -0.05) is 29.3 Å². The number of nitrogens with zero attached hydrogens (tertiary/aromatic N) is 2. The Kier molecular flexibility index (Phi) is 2.67. The molecule has 78 valence electrons. The van der Waals surface area contributed by atoms with Crippen LogP contribution < -0.4 is 4.90 Å². The zero-order chi connectivity index (χ0) is 11.0. The molecule has 0 spiro atoms. The van der Waals surface area contributed by atoms with Gasteiger partial charge in [-0.15, -0.1) is 0 Å². The molecule has 1 aliphatic rings. The Hall–Kier alpha value is -1.06. The topological polar surface area (TPSA) is 32.7 Å². The van der Waals surface area contributed by atoms with Crippen LogP contribution in [-0.2, 0) is 4.79 Å². The van der Waals surface area contributed by atoms with Crippen molar-refractivity contribution in [3.63, 3.8) is 0 Å². The number of hydrogen-bond acceptors (Lipinski definition) is 2. The van der Waals surface area contributed by atoms with E-state index in [0.717, 1.165) is 0 Å². The van der Waals surface area contributed by atoms with Crippen LogP contribution in [0.5, 0.6) is 0 Å². The standard InChI is InChI=1S/C10H8Cl2N2O/c1-6-10(15)14(5-13-6)8-4-2-3-7(11)9(8)12/h2-6H,1H3/t6-/m0/s1. The van der Waals surface area contributed by atoms with Gasteiger partial charge in [-0.2, -0.15) is 0 Å². The van der Waals surface area contributed by atoms with E-state index in [2.05, 4.69) is 4.99 Å². The zero-order valence-corrected chi connectivity index (χ0v) is 9.46. The molecule has 2 rings (SSSR count). The van der Waals surface area contributed by atoms with E-state index < -0.39 is 0 Å². The summed E-state index contributed by atoms with van der Waals surface area (Å²) in [6.45, 7) is 1.73. The second-order valence-corrected chi connectivity index (χ2v) is 4.01. The first-order chi connectivity index (χ1) is 7.11. The lowest BCUT2D eigenvalue weighted by molar-refractivity contribution is -0.117. The summed E-state index contributed by atoms with van der Waals surface area (Å²) in [7, 11) is 0. The third-order valence-corrected chi connectivity index (χ3v) is 3.00. The molecular weight excluding hydrogens is 235 g/mol. The molecule has 1 aromatic rings. The number of anilines is 1. The molecule has 0 saturated heterocycles. The molecular formula is C10H8Cl2N2O. The smallest absolute Gasteiger partial charge is 0.256 e. The third kappa shape index (κ3) is 1.73. The van der Waals surface area contributed by atoms with Gasteiger partial charge in [-0.25, -0.2) is 0 Å². The fraction of sp³-hybridized carbons (Fsp3) is 0.200. The Morgan fingerprint density at radius 1 is 1.40 bits per heavy atom. The van der Waals surface area contributed by atoms with Crippen LogP contribution in [0.15, 0.2) is 23.2 Å². The van der Waals surface area contributed by atoms with Crippen LogP contribution in [0.4, 0.5) is 5.69 Å². The van der Waals surface area contributed by atoms with Gasteiger partial charge in [0.2, 0.25) is 0 Å². The number of halogens is 2. The van der Waals surface area contributed by atoms with Gasteiger partial charge in [0.05, 0.1) is 22.1 Å². The number of hydrogen-bond donors (Lipinski definition) is 0. The van der Waals surface area contributed by atoms with Gasteiger partial charge < -0.3 is 0 Å². The van der Waals surface area contributed by atoms with Crippen molar-refractivity contribution in [2.24, 2.45) is 4.99 Å². The highest BCUT2D eigenvalue weighted by Gasteiger charge is 2.27. The average Bonchev–Trinajstić information content (AvgIpc) is 2.53. The minimum absolute atomic E-state index is 0.0980. The van der Waals surface area contributed by atoms with Crippen LogP contribution in [0.25, 0.3) is 0 Å². The lowest BCUT2D eigenvalue weighted by atomic mass is 10.2. The Morgan fingerprint density at radius 2 is 2.13 bits per heavy atom. The highest BCUT2D eigenvalue weighted by molar-refractivity contribution is 6.44. The first-order valence-electron chi connectivity index (χ1n) is 4.41. The van der Waals surface area contributed by atoms with E-state index in [9.17, 15) is 4.79 Å². The van der Waals surface area contributed by atoms with Crippen LogP contribution in [0.2, 0.25) is 10.0 Å². The summed E-state index contributed by atoms with van der Waals surface area (Å²) in [4.78, 5) is 17.1. The molecule has 3 nitrogen and oxygen atoms in total. The van der Waals surface area contributed by atoms with Gasteiger partial charge >= 0.3 is 0 Å². The van der Waals surface area contributed by atoms with Crippen molar-refractivity contribution < 1.29 is 4.79 Å². The van der Waals surface area contributed by atoms with Gasteiger partial charge in [0.15, 0.2) is 0 Å². The van der Waals surface area contributed by atoms with Crippen molar-refractivity contribution in [3.05, 3.63) is 28.2 Å². The van der Waals surface area contributed by atoms with Gasteiger partial charge in [0.1, 0.15) is 6.04 Å². The van der Waals surface area contributed by atoms with Crippen molar-refractivity contribution in [2.45, 2.75) is 13.0 Å². The zero-order valence-electron chi connectivity index (χ0n) is 7.95. The number of aliphatic imine (C=N–C) groups is 1. The molecule has 0 saturated carbocycles. The lowest BCUT2D eigenvalue weighted by Crippen LogP contribution is -2.29. The molecule has 0 bridgehead atoms. The van der Waals surface area contributed by atoms with Crippen molar-refractivity contribution >= 4 is 41.1 Å². The van der Waals surface area contributed by atoms with E-state index in [1.165, 1.54) is 11.2 Å². The molecule has 0 unspecified atom stereocenters. The summed E-state index contributed by atoms with van der Waals surface area (Å²) >= 11 is 11.9. The average molecular weight is 243 g/mol. The number of carbonyl (C=O) groups is 1. The molecule has 0 N–H and O–H groups in total. The molecule has 1 atom stereocenters. The van der Waals surface area contributed by atoms with Crippen LogP contribution in [-0.4, -0.2) is 18.3 Å². The van der Waals surface area contributed by atoms with E-state index in [0.29, 0.717) is 15.7 Å². The van der Waals surface area contributed by atoms with Gasteiger partial charge in [-0.3, -0.25) is 14.7 Å². The number of benzene rings is 1. The van der Waals surface area contributed by atoms with Crippen molar-refractivity contribution in [1.29, 1.82) is 0 Å². The monoisotopic (exact) mass is 242 g/mol. The first-order valence-corrected chi connectivity index (χ1v) is 5.17. The van der Waals surface area contributed by atoms with Gasteiger partial charge in [0, 0.05) is 0 Å². The molecule has 1 aliphatic heterocycles. The Labute approximate surface area is 97.3 Å². The summed E-state index contributed by atoms with van der Waals surface area (Å²) in [6, 6.07) is 4.80. The Balaban J connectivity index is 2.43. The van der Waals surface area contributed by atoms with E-state index >= 15 is 0 Å². The largest absolute Gasteiger partial charge is 0.272 e. The maximum Gasteiger partial charge on any atom is 0.256 e. The molecule has 15 heavy (non-hydrogen) atoms. The van der Waals surface area contributed by atoms with Crippen molar-refractivity contribution in [2.75, 3.05) is 4.90 Å². The Bertz CT molecular complexity index is 445. The molecule has 1 amide bonds. The van der Waals surface area contributed by atoms with E-state index in [1.54, 1.807) is 25.1 Å². The minimum Gasteiger partial charge on any atom is -0.272 e. The molecule has 1 aromatic carbocycles. The fourth-order valence-electron chi connectivity index (χ4n) is 1.35. The molecule has 0 aromatic heterocycles. The summed E-state index contributed by atoms with van der Waals surface area (Å²) in [6.07, 6.45) is 1.48. The minimum atomic E-state index is -0.347. The van der Waals surface area contributed by atoms with Crippen LogP contribution >= 0.6 is 23.2 Å². The van der Waals surface area contributed by atoms with Crippen LogP contribution in [0, 0.1) is 0 Å². The van der Waals surface area contributed by atoms with Gasteiger partial charge in [-0.05, 0) is 19.1 Å². The van der Waals surface area contributed by atoms with Crippen molar-refractivity contribution in [1.82, 2.24) is 0 Å². The molecule has 0 fully saturated rings. The highest BCUT2D eigenvalue weighted by atomic mass is 35.5. The Morgan fingerprint density at radius 3 is 2.73 bits per heavy atom. The van der Waals surface area contributed by atoms with Gasteiger partial charge in [0.25, 0.3) is 5.91 Å². The number of amides is 1. The van der Waals surface area contributed by atoms with E-state index in [1.807, 2.05) is 0 Å². The number of carbonyl (C=O) groups excluding carboxylic acids is 1. The molecule has 5 heteroatoms. The summed E-state index contributed by atoms with van der Waals surface area (Å²) in [5.41, 5.74) is 0.572. The summed E-state index contributed by atoms with van der Waals surface area (Å²) in [5.74, 6) is -0.0980. The third-order valence-electron chi connectivity index (χ3n) is 2.19. The highest BCUT2D eigenvalue weighted by Crippen LogP contribution is 2.33. The molecule has 0 radical (unpaired) electrons. The summed E-state index contributed by atoms with van der Waals surface area (Å²) in [5, 5.41) is 0.794. The maximum absolute atomic E-state index is 11.7. The first kappa shape index (κ1) is 10.5. The number of rotatable bonds is 1. The molecule has 1 heterocycles. The predicted octanol–water partition coefficient (Wildman–Crippen LogP) is 2.76. The quantitative estimate of drug-likeness (QED) is 0.746. The predicted molar refractivity (Wildman–Crippen MR) is 61.9 cm³/mol. The van der Waals surface area contributed by atoms with E-state index in [4.69, 9.17) is 23.2 Å². The fourth-order valence-corrected chi connectivity index (χ4v) is 1.73. The van der Waals surface area contributed by atoms with Crippen LogP contribution in [0.3, 0.4) is 0 Å². The summed E-state index contributed by atoms with van der Waals surface area (Å²) < 4.78 is 0. The second-order valence-electron chi connectivity index (χ2n) is 3.22. The maximum atomic E-state index is 11.7. The van der Waals surface area contributed by atoms with E-state index in [-0.39, 0.29) is 11.9 Å². The lowest BCUT2D eigenvalue weighted by Gasteiger charge is -2.15.